The van der Waals surface area contributed by atoms with E-state index < -0.39 is 0 Å². The fourth-order valence-electron chi connectivity index (χ4n) is 1.54. The third-order valence-electron chi connectivity index (χ3n) is 2.24. The molecular formula is C9H17NO2. The summed E-state index contributed by atoms with van der Waals surface area (Å²) in [6, 6.07) is 0.336. The first-order chi connectivity index (χ1) is 5.75. The van der Waals surface area contributed by atoms with Gasteiger partial charge in [-0.05, 0) is 19.8 Å². The first kappa shape index (κ1) is 9.36. The molecule has 1 heterocycles. The highest BCUT2D eigenvalue weighted by Crippen LogP contribution is 2.12. The Hall–Kier alpha value is -0.730. The maximum absolute atomic E-state index is 11.2. The van der Waals surface area contributed by atoms with Crippen LogP contribution in [-0.4, -0.2) is 30.2 Å². The Morgan fingerprint density at radius 3 is 3.00 bits per heavy atom. The first-order valence-electron chi connectivity index (χ1n) is 4.69. The summed E-state index contributed by atoms with van der Waals surface area (Å²) in [4.78, 5) is 13.0. The molecular weight excluding hydrogens is 154 g/mol. The average Bonchev–Trinajstić information content (AvgIpc) is 2.05. The molecule has 1 fully saturated rings. The summed E-state index contributed by atoms with van der Waals surface area (Å²) in [7, 11) is 0. The van der Waals surface area contributed by atoms with Gasteiger partial charge in [-0.3, -0.25) is 0 Å². The smallest absolute Gasteiger partial charge is 0.409 e. The summed E-state index contributed by atoms with van der Waals surface area (Å²) < 4.78 is 4.94. The van der Waals surface area contributed by atoms with E-state index in [0.29, 0.717) is 12.6 Å². The normalized spacial score (nSPS) is 20.5. The van der Waals surface area contributed by atoms with E-state index in [9.17, 15) is 4.79 Å². The molecule has 0 aromatic rings. The molecule has 0 spiro atoms. The van der Waals surface area contributed by atoms with Gasteiger partial charge in [-0.2, -0.15) is 0 Å². The predicted octanol–water partition coefficient (Wildman–Crippen LogP) is 2.02. The summed E-state index contributed by atoms with van der Waals surface area (Å²) in [6.07, 6.45) is 3.02. The number of ether oxygens (including phenoxy) is 1. The van der Waals surface area contributed by atoms with Crippen LogP contribution in [0.15, 0.2) is 0 Å². The van der Waals surface area contributed by atoms with Crippen LogP contribution in [0.1, 0.15) is 33.1 Å². The fourth-order valence-corrected chi connectivity index (χ4v) is 1.54. The first-order valence-corrected chi connectivity index (χ1v) is 4.69. The highest BCUT2D eigenvalue weighted by molar-refractivity contribution is 5.68. The Morgan fingerprint density at radius 2 is 2.42 bits per heavy atom. The molecule has 1 amide bonds. The SMILES string of the molecule is CCCC(C)N1CCCOC1=O. The van der Waals surface area contributed by atoms with Gasteiger partial charge in [0, 0.05) is 12.6 Å². The molecule has 0 aliphatic carbocycles. The van der Waals surface area contributed by atoms with E-state index in [1.807, 2.05) is 4.90 Å². The molecule has 1 unspecified atom stereocenters. The molecule has 70 valence electrons. The van der Waals surface area contributed by atoms with Crippen molar-refractivity contribution in [3.8, 4) is 0 Å². The molecule has 1 aliphatic rings. The van der Waals surface area contributed by atoms with E-state index in [0.717, 1.165) is 25.8 Å². The van der Waals surface area contributed by atoms with Gasteiger partial charge in [0.1, 0.15) is 0 Å². The highest BCUT2D eigenvalue weighted by atomic mass is 16.6. The summed E-state index contributed by atoms with van der Waals surface area (Å²) in [5, 5.41) is 0. The number of nitrogens with zero attached hydrogens (tertiary/aromatic N) is 1. The van der Waals surface area contributed by atoms with Crippen LogP contribution in [0.25, 0.3) is 0 Å². The van der Waals surface area contributed by atoms with Crippen molar-refractivity contribution in [3.05, 3.63) is 0 Å². The number of hydrogen-bond acceptors (Lipinski definition) is 2. The van der Waals surface area contributed by atoms with E-state index in [1.54, 1.807) is 0 Å². The molecule has 1 atom stereocenters. The lowest BCUT2D eigenvalue weighted by molar-refractivity contribution is 0.0566. The van der Waals surface area contributed by atoms with Crippen molar-refractivity contribution in [2.24, 2.45) is 0 Å². The molecule has 0 bridgehead atoms. The van der Waals surface area contributed by atoms with Crippen molar-refractivity contribution in [1.82, 2.24) is 4.90 Å². The maximum Gasteiger partial charge on any atom is 0.409 e. The number of cyclic esters (lactones) is 1. The third-order valence-corrected chi connectivity index (χ3v) is 2.24. The second-order valence-electron chi connectivity index (χ2n) is 3.30. The van der Waals surface area contributed by atoms with Crippen LogP contribution in [-0.2, 0) is 4.74 Å². The zero-order valence-electron chi connectivity index (χ0n) is 7.88. The molecule has 1 aliphatic heterocycles. The maximum atomic E-state index is 11.2. The molecule has 0 radical (unpaired) electrons. The van der Waals surface area contributed by atoms with Gasteiger partial charge in [-0.25, -0.2) is 4.79 Å². The van der Waals surface area contributed by atoms with Gasteiger partial charge in [0.15, 0.2) is 0 Å². The average molecular weight is 171 g/mol. The quantitative estimate of drug-likeness (QED) is 0.650. The van der Waals surface area contributed by atoms with E-state index in [1.165, 1.54) is 0 Å². The van der Waals surface area contributed by atoms with Crippen LogP contribution in [0.5, 0.6) is 0 Å². The number of amides is 1. The Morgan fingerprint density at radius 1 is 1.67 bits per heavy atom. The van der Waals surface area contributed by atoms with Gasteiger partial charge < -0.3 is 9.64 Å². The second kappa shape index (κ2) is 4.33. The monoisotopic (exact) mass is 171 g/mol. The number of carbonyl (C=O) groups excluding carboxylic acids is 1. The predicted molar refractivity (Wildman–Crippen MR) is 47.0 cm³/mol. The zero-order chi connectivity index (χ0) is 8.97. The minimum absolute atomic E-state index is 0.137. The minimum Gasteiger partial charge on any atom is -0.449 e. The lowest BCUT2D eigenvalue weighted by atomic mass is 10.1. The Labute approximate surface area is 73.7 Å². The summed E-state index contributed by atoms with van der Waals surface area (Å²) >= 11 is 0. The molecule has 12 heavy (non-hydrogen) atoms. The molecule has 1 rings (SSSR count). The lowest BCUT2D eigenvalue weighted by Crippen LogP contribution is -2.43. The van der Waals surface area contributed by atoms with E-state index >= 15 is 0 Å². The summed E-state index contributed by atoms with van der Waals surface area (Å²) in [5.74, 6) is 0. The van der Waals surface area contributed by atoms with E-state index in [2.05, 4.69) is 13.8 Å². The Bertz CT molecular complexity index is 159. The van der Waals surface area contributed by atoms with Crippen LogP contribution in [0.2, 0.25) is 0 Å². The number of rotatable bonds is 3. The fraction of sp³-hybridized carbons (Fsp3) is 0.889. The van der Waals surface area contributed by atoms with E-state index in [4.69, 9.17) is 4.74 Å². The van der Waals surface area contributed by atoms with Crippen LogP contribution >= 0.6 is 0 Å². The van der Waals surface area contributed by atoms with Gasteiger partial charge in [0.2, 0.25) is 0 Å². The van der Waals surface area contributed by atoms with Crippen molar-refractivity contribution >= 4 is 6.09 Å². The largest absolute Gasteiger partial charge is 0.449 e. The number of carbonyl (C=O) groups is 1. The minimum atomic E-state index is -0.137. The van der Waals surface area contributed by atoms with Gasteiger partial charge in [-0.15, -0.1) is 0 Å². The lowest BCUT2D eigenvalue weighted by Gasteiger charge is -2.31. The van der Waals surface area contributed by atoms with Crippen molar-refractivity contribution < 1.29 is 9.53 Å². The molecule has 0 aromatic heterocycles. The topological polar surface area (TPSA) is 29.5 Å². The van der Waals surface area contributed by atoms with Crippen LogP contribution < -0.4 is 0 Å². The molecule has 0 saturated carbocycles. The third kappa shape index (κ3) is 2.13. The summed E-state index contributed by atoms with van der Waals surface area (Å²) in [5.41, 5.74) is 0. The van der Waals surface area contributed by atoms with Crippen LogP contribution in [0, 0.1) is 0 Å². The van der Waals surface area contributed by atoms with Gasteiger partial charge in [0.25, 0.3) is 0 Å². The Kier molecular flexibility index (Phi) is 3.38. The highest BCUT2D eigenvalue weighted by Gasteiger charge is 2.23. The second-order valence-corrected chi connectivity index (χ2v) is 3.30. The molecule has 3 nitrogen and oxygen atoms in total. The van der Waals surface area contributed by atoms with Gasteiger partial charge in [-0.1, -0.05) is 13.3 Å². The van der Waals surface area contributed by atoms with Crippen molar-refractivity contribution in [2.45, 2.75) is 39.2 Å². The molecule has 0 N–H and O–H groups in total. The molecule has 0 aromatic carbocycles. The van der Waals surface area contributed by atoms with Gasteiger partial charge >= 0.3 is 6.09 Å². The Balaban J connectivity index is 2.42. The molecule has 1 saturated heterocycles. The zero-order valence-corrected chi connectivity index (χ0v) is 7.88. The molecule has 3 heteroatoms. The standard InChI is InChI=1S/C9H17NO2/c1-3-5-8(2)10-6-4-7-12-9(10)11/h8H,3-7H2,1-2H3. The van der Waals surface area contributed by atoms with Crippen LogP contribution in [0.4, 0.5) is 4.79 Å². The van der Waals surface area contributed by atoms with Crippen LogP contribution in [0.3, 0.4) is 0 Å². The van der Waals surface area contributed by atoms with E-state index in [-0.39, 0.29) is 6.09 Å². The van der Waals surface area contributed by atoms with Crippen molar-refractivity contribution in [1.29, 1.82) is 0 Å². The summed E-state index contributed by atoms with van der Waals surface area (Å²) in [6.45, 7) is 5.66. The van der Waals surface area contributed by atoms with Crippen molar-refractivity contribution in [2.75, 3.05) is 13.2 Å². The van der Waals surface area contributed by atoms with Gasteiger partial charge in [0.05, 0.1) is 6.61 Å². The van der Waals surface area contributed by atoms with Crippen molar-refractivity contribution in [3.63, 3.8) is 0 Å². The number of hydrogen-bond donors (Lipinski definition) is 0.